The maximum absolute atomic E-state index is 12.2. The van der Waals surface area contributed by atoms with Crippen LogP contribution >= 0.6 is 47.2 Å². The number of ketones is 1. The molecule has 0 spiro atoms. The smallest absolute Gasteiger partial charge is 0.342 e. The highest BCUT2D eigenvalue weighted by atomic mass is 35.5. The van der Waals surface area contributed by atoms with Gasteiger partial charge in [-0.3, -0.25) is 4.79 Å². The summed E-state index contributed by atoms with van der Waals surface area (Å²) in [6.45, 7) is 3.75. The van der Waals surface area contributed by atoms with E-state index in [-0.39, 0.29) is 14.9 Å². The van der Waals surface area contributed by atoms with Gasteiger partial charge in [0.25, 0.3) is 0 Å². The van der Waals surface area contributed by atoms with Crippen LogP contribution in [-0.2, 0) is 9.53 Å². The van der Waals surface area contributed by atoms with Crippen molar-refractivity contribution < 1.29 is 19.4 Å². The van der Waals surface area contributed by atoms with Crippen molar-refractivity contribution >= 4 is 63.3 Å². The topological polar surface area (TPSA) is 63.6 Å². The number of allylic oxidation sites excluding steroid dienone is 1. The molecule has 118 valence electrons. The second-order valence-corrected chi connectivity index (χ2v) is 6.49. The zero-order valence-corrected chi connectivity index (χ0v) is 14.8. The van der Waals surface area contributed by atoms with E-state index in [1.54, 1.807) is 13.8 Å². The number of halogens is 2. The van der Waals surface area contributed by atoms with E-state index < -0.39 is 11.8 Å². The molecule has 1 aromatic carbocycles. The highest BCUT2D eigenvalue weighted by Crippen LogP contribution is 2.27. The molecular weight excluding hydrogens is 367 g/mol. The van der Waals surface area contributed by atoms with Crippen LogP contribution in [0.4, 0.5) is 0 Å². The van der Waals surface area contributed by atoms with E-state index in [0.29, 0.717) is 34.0 Å². The highest BCUT2D eigenvalue weighted by molar-refractivity contribution is 8.25. The Hall–Kier alpha value is -1.08. The molecule has 0 aromatic heterocycles. The summed E-state index contributed by atoms with van der Waals surface area (Å²) in [5.41, 5.74) is 0.844. The van der Waals surface area contributed by atoms with Gasteiger partial charge in [-0.25, -0.2) is 4.79 Å². The summed E-state index contributed by atoms with van der Waals surface area (Å²) in [6.07, 6.45) is 0.968. The molecule has 1 aromatic rings. The maximum Gasteiger partial charge on any atom is 0.342 e. The second kappa shape index (κ2) is 8.53. The van der Waals surface area contributed by atoms with Crippen LogP contribution in [0, 0.1) is 6.92 Å². The fourth-order valence-corrected chi connectivity index (χ4v) is 2.85. The van der Waals surface area contributed by atoms with Gasteiger partial charge < -0.3 is 9.84 Å². The molecule has 0 saturated heterocycles. The third-order valence-electron chi connectivity index (χ3n) is 2.49. The zero-order valence-electron chi connectivity index (χ0n) is 11.7. The molecule has 0 aliphatic heterocycles. The number of carbonyl (C=O) groups is 2. The Morgan fingerprint density at radius 2 is 1.91 bits per heavy atom. The number of benzene rings is 1. The van der Waals surface area contributed by atoms with E-state index in [2.05, 4.69) is 0 Å². The van der Waals surface area contributed by atoms with Crippen LogP contribution in [0.15, 0.2) is 23.1 Å². The third-order valence-corrected chi connectivity index (χ3v) is 4.44. The van der Waals surface area contributed by atoms with Crippen LogP contribution in [0.1, 0.15) is 22.8 Å². The summed E-state index contributed by atoms with van der Waals surface area (Å²) in [5.74, 6) is -1.81. The molecule has 0 amide bonds. The van der Waals surface area contributed by atoms with Gasteiger partial charge in [-0.15, -0.1) is 0 Å². The summed E-state index contributed by atoms with van der Waals surface area (Å²) in [6, 6.07) is 2.87. The van der Waals surface area contributed by atoms with E-state index in [0.717, 1.165) is 6.08 Å². The Morgan fingerprint density at radius 3 is 2.36 bits per heavy atom. The quantitative estimate of drug-likeness (QED) is 0.462. The first-order valence-corrected chi connectivity index (χ1v) is 8.03. The number of carboxylic acids is 1. The molecule has 0 bridgehead atoms. The molecule has 0 saturated carbocycles. The number of thioether (sulfide) groups is 1. The Bertz CT molecular complexity index is 633. The number of carbonyl (C=O) groups excluding carboxylic acids is 1. The van der Waals surface area contributed by atoms with Crippen molar-refractivity contribution in [1.82, 2.24) is 0 Å². The predicted molar refractivity (Wildman–Crippen MR) is 93.1 cm³/mol. The SMILES string of the molecule is CCOC(=S)SC(=CC(=O)c1cc(Cl)c(C)c(Cl)c1)C(=O)O. The van der Waals surface area contributed by atoms with Crippen LogP contribution < -0.4 is 0 Å². The van der Waals surface area contributed by atoms with Gasteiger partial charge in [0.1, 0.15) is 4.91 Å². The average molecular weight is 379 g/mol. The molecule has 0 aliphatic rings. The van der Waals surface area contributed by atoms with Crippen molar-refractivity contribution in [2.75, 3.05) is 6.61 Å². The molecule has 0 aliphatic carbocycles. The minimum absolute atomic E-state index is 0.0314. The van der Waals surface area contributed by atoms with Crippen LogP contribution in [-0.4, -0.2) is 27.8 Å². The largest absolute Gasteiger partial charge is 0.479 e. The van der Waals surface area contributed by atoms with Gasteiger partial charge in [0.15, 0.2) is 5.78 Å². The minimum Gasteiger partial charge on any atom is -0.479 e. The van der Waals surface area contributed by atoms with Gasteiger partial charge in [0.05, 0.1) is 6.61 Å². The number of hydrogen-bond acceptors (Lipinski definition) is 5. The summed E-state index contributed by atoms with van der Waals surface area (Å²) in [4.78, 5) is 23.1. The summed E-state index contributed by atoms with van der Waals surface area (Å²) < 4.78 is 5.03. The Kier molecular flexibility index (Phi) is 7.35. The lowest BCUT2D eigenvalue weighted by Gasteiger charge is -2.06. The number of aliphatic carboxylic acids is 1. The van der Waals surface area contributed by atoms with Gasteiger partial charge in [0, 0.05) is 21.7 Å². The van der Waals surface area contributed by atoms with Gasteiger partial charge >= 0.3 is 5.97 Å². The second-order valence-electron chi connectivity index (χ2n) is 4.03. The highest BCUT2D eigenvalue weighted by Gasteiger charge is 2.16. The number of ether oxygens (including phenoxy) is 1. The molecule has 0 heterocycles. The summed E-state index contributed by atoms with van der Waals surface area (Å²) in [5, 5.41) is 9.79. The lowest BCUT2D eigenvalue weighted by molar-refractivity contribution is -0.131. The van der Waals surface area contributed by atoms with Crippen LogP contribution in [0.25, 0.3) is 0 Å². The molecule has 1 N–H and O–H groups in total. The monoisotopic (exact) mass is 378 g/mol. The third kappa shape index (κ3) is 5.28. The Labute approximate surface area is 147 Å². The summed E-state index contributed by atoms with van der Waals surface area (Å²) in [7, 11) is 0. The lowest BCUT2D eigenvalue weighted by Crippen LogP contribution is -2.06. The van der Waals surface area contributed by atoms with E-state index in [4.69, 9.17) is 45.3 Å². The Balaban J connectivity index is 3.08. The number of carboxylic acid groups (broad SMARTS) is 1. The summed E-state index contributed by atoms with van der Waals surface area (Å²) >= 11 is 17.5. The van der Waals surface area contributed by atoms with E-state index in [1.165, 1.54) is 12.1 Å². The van der Waals surface area contributed by atoms with Gasteiger partial charge in [-0.05, 0) is 55.5 Å². The van der Waals surface area contributed by atoms with E-state index in [1.807, 2.05) is 0 Å². The van der Waals surface area contributed by atoms with Crippen molar-refractivity contribution in [1.29, 1.82) is 0 Å². The molecule has 22 heavy (non-hydrogen) atoms. The van der Waals surface area contributed by atoms with E-state index >= 15 is 0 Å². The molecular formula is C14H12Cl2O4S2. The molecule has 0 fully saturated rings. The fourth-order valence-electron chi connectivity index (χ4n) is 1.36. The maximum atomic E-state index is 12.2. The average Bonchev–Trinajstić information content (AvgIpc) is 2.43. The Morgan fingerprint density at radius 1 is 1.36 bits per heavy atom. The predicted octanol–water partition coefficient (Wildman–Crippen LogP) is 4.51. The molecule has 4 nitrogen and oxygen atoms in total. The number of hydrogen-bond donors (Lipinski definition) is 1. The van der Waals surface area contributed by atoms with Crippen molar-refractivity contribution in [3.63, 3.8) is 0 Å². The molecule has 8 heteroatoms. The number of thiocarbonyl (C=S) groups is 1. The number of rotatable bonds is 5. The van der Waals surface area contributed by atoms with Gasteiger partial charge in [-0.1, -0.05) is 23.2 Å². The van der Waals surface area contributed by atoms with Crippen LogP contribution in [0.3, 0.4) is 0 Å². The molecule has 1 rings (SSSR count). The first-order valence-electron chi connectivity index (χ1n) is 6.05. The van der Waals surface area contributed by atoms with E-state index in [9.17, 15) is 9.59 Å². The van der Waals surface area contributed by atoms with Crippen molar-refractivity contribution in [3.05, 3.63) is 44.3 Å². The minimum atomic E-state index is -1.27. The first kappa shape index (κ1) is 19.0. The molecule has 0 unspecified atom stereocenters. The van der Waals surface area contributed by atoms with Crippen LogP contribution in [0.2, 0.25) is 10.0 Å². The van der Waals surface area contributed by atoms with Crippen molar-refractivity contribution in [2.45, 2.75) is 13.8 Å². The lowest BCUT2D eigenvalue weighted by atomic mass is 10.1. The van der Waals surface area contributed by atoms with Crippen LogP contribution in [0.5, 0.6) is 0 Å². The van der Waals surface area contributed by atoms with Gasteiger partial charge in [0.2, 0.25) is 4.38 Å². The van der Waals surface area contributed by atoms with Crippen molar-refractivity contribution in [2.24, 2.45) is 0 Å². The normalized spacial score (nSPS) is 11.2. The fraction of sp³-hybridized carbons (Fsp3) is 0.214. The van der Waals surface area contributed by atoms with Crippen molar-refractivity contribution in [3.8, 4) is 0 Å². The zero-order chi connectivity index (χ0) is 16.9. The molecule has 0 radical (unpaired) electrons. The van der Waals surface area contributed by atoms with Gasteiger partial charge in [-0.2, -0.15) is 0 Å². The first-order chi connectivity index (χ1) is 10.3. The molecule has 0 atom stereocenters. The standard InChI is InChI=1S/C14H12Cl2O4S2/c1-3-20-14(21)22-12(13(18)19)6-11(17)8-4-9(15)7(2)10(16)5-8/h4-6H,3H2,1-2H3,(H,18,19).